The van der Waals surface area contributed by atoms with Crippen LogP contribution in [0.25, 0.3) is 0 Å². The van der Waals surface area contributed by atoms with Gasteiger partial charge in [0.2, 0.25) is 0 Å². The van der Waals surface area contributed by atoms with Crippen LogP contribution in [0.15, 0.2) is 0 Å². The number of alkyl halides is 6. The van der Waals surface area contributed by atoms with Crippen molar-refractivity contribution in [3.63, 3.8) is 0 Å². The average Bonchev–Trinajstić information content (AvgIpc) is 2.13. The Kier molecular flexibility index (Phi) is 8.02. The maximum atomic E-state index is 11.3. The first-order valence-electron chi connectivity index (χ1n) is 4.03. The molecule has 6 nitrogen and oxygen atoms in total. The SMILES string of the molecule is NC(=S)NC(=O)C(F)(F)F.NC(=S)NC(=O)C(F)(F)F. The molecule has 0 heterocycles. The van der Waals surface area contributed by atoms with E-state index in [2.05, 4.69) is 35.9 Å². The summed E-state index contributed by atoms with van der Waals surface area (Å²) in [6.45, 7) is 0. The van der Waals surface area contributed by atoms with Crippen molar-refractivity contribution < 1.29 is 35.9 Å². The summed E-state index contributed by atoms with van der Waals surface area (Å²) in [5, 5.41) is 1.07. The van der Waals surface area contributed by atoms with Crippen LogP contribution >= 0.6 is 24.4 Å². The summed E-state index contributed by atoms with van der Waals surface area (Å²) in [6, 6.07) is 0. The molecule has 0 aliphatic heterocycles. The van der Waals surface area contributed by atoms with E-state index in [-0.39, 0.29) is 0 Å². The minimum atomic E-state index is -4.93. The van der Waals surface area contributed by atoms with Crippen LogP contribution in [0.2, 0.25) is 0 Å². The number of rotatable bonds is 0. The van der Waals surface area contributed by atoms with Gasteiger partial charge in [0.15, 0.2) is 10.2 Å². The third kappa shape index (κ3) is 11.4. The van der Waals surface area contributed by atoms with E-state index in [1.165, 1.54) is 10.6 Å². The summed E-state index contributed by atoms with van der Waals surface area (Å²) in [4.78, 5) is 19.7. The van der Waals surface area contributed by atoms with Crippen LogP contribution in [0, 0.1) is 0 Å². The fourth-order valence-electron chi connectivity index (χ4n) is 0.366. The average molecular weight is 344 g/mol. The maximum absolute atomic E-state index is 11.3. The number of nitrogens with two attached hydrogens (primary N) is 2. The van der Waals surface area contributed by atoms with Gasteiger partial charge in [-0.3, -0.25) is 20.2 Å². The van der Waals surface area contributed by atoms with E-state index in [4.69, 9.17) is 0 Å². The summed E-state index contributed by atoms with van der Waals surface area (Å²) in [6.07, 6.45) is -9.85. The highest BCUT2D eigenvalue weighted by Crippen LogP contribution is 2.14. The maximum Gasteiger partial charge on any atom is 0.471 e. The second-order valence-corrected chi connectivity index (χ2v) is 3.51. The van der Waals surface area contributed by atoms with Crippen LogP contribution in [0.1, 0.15) is 0 Å². The lowest BCUT2D eigenvalue weighted by molar-refractivity contribution is -0.171. The second kappa shape index (κ2) is 7.78. The van der Waals surface area contributed by atoms with Crippen molar-refractivity contribution in [3.8, 4) is 0 Å². The van der Waals surface area contributed by atoms with Gasteiger partial charge in [-0.1, -0.05) is 0 Å². The molecule has 0 aromatic rings. The summed E-state index contributed by atoms with van der Waals surface area (Å²) < 4.78 is 67.7. The number of amides is 2. The first-order chi connectivity index (χ1) is 8.67. The first-order valence-corrected chi connectivity index (χ1v) is 4.84. The fraction of sp³-hybridized carbons (Fsp3) is 0.333. The molecule has 116 valence electrons. The van der Waals surface area contributed by atoms with E-state index >= 15 is 0 Å². The standard InChI is InChI=1S/2C3H3F3N2OS/c2*4-3(5,6)1(9)8-2(7)10/h2*(H3,7,8,9,10). The summed E-state index contributed by atoms with van der Waals surface area (Å²) in [5.41, 5.74) is 9.18. The highest BCUT2D eigenvalue weighted by Gasteiger charge is 2.39. The molecule has 0 aliphatic carbocycles. The lowest BCUT2D eigenvalue weighted by atomic mass is 10.6. The Morgan fingerprint density at radius 2 is 0.950 bits per heavy atom. The highest BCUT2D eigenvalue weighted by atomic mass is 32.1. The Bertz CT molecular complexity index is 369. The molecule has 0 spiro atoms. The Morgan fingerprint density at radius 1 is 0.750 bits per heavy atom. The van der Waals surface area contributed by atoms with Crippen molar-refractivity contribution in [2.75, 3.05) is 0 Å². The Labute approximate surface area is 117 Å². The number of nitrogens with one attached hydrogen (secondary N) is 2. The molecule has 20 heavy (non-hydrogen) atoms. The first kappa shape index (κ1) is 20.6. The zero-order valence-electron chi connectivity index (χ0n) is 9.06. The monoisotopic (exact) mass is 344 g/mol. The van der Waals surface area contributed by atoms with Crippen LogP contribution in [0.4, 0.5) is 26.3 Å². The minimum Gasteiger partial charge on any atom is -0.376 e. The van der Waals surface area contributed by atoms with Gasteiger partial charge in [-0.25, -0.2) is 0 Å². The molecule has 0 atom stereocenters. The Hall–Kier alpha value is -1.70. The van der Waals surface area contributed by atoms with Crippen molar-refractivity contribution in [2.24, 2.45) is 11.5 Å². The van der Waals surface area contributed by atoms with E-state index in [0.717, 1.165) is 0 Å². The molecule has 0 aliphatic rings. The third-order valence-corrected chi connectivity index (χ3v) is 1.19. The molecule has 0 fully saturated rings. The van der Waals surface area contributed by atoms with E-state index in [1.807, 2.05) is 0 Å². The molecular weight excluding hydrogens is 338 g/mol. The fourth-order valence-corrected chi connectivity index (χ4v) is 0.551. The Morgan fingerprint density at radius 3 is 1.00 bits per heavy atom. The molecule has 0 aromatic carbocycles. The predicted octanol–water partition coefficient (Wildman–Crippen LogP) is -0.183. The molecular formula is C6H6F6N4O2S2. The largest absolute Gasteiger partial charge is 0.471 e. The topological polar surface area (TPSA) is 110 Å². The zero-order valence-corrected chi connectivity index (χ0v) is 10.7. The smallest absolute Gasteiger partial charge is 0.376 e. The highest BCUT2D eigenvalue weighted by molar-refractivity contribution is 7.80. The zero-order chi connectivity index (χ0) is 16.7. The van der Waals surface area contributed by atoms with Gasteiger partial charge >= 0.3 is 24.2 Å². The van der Waals surface area contributed by atoms with Gasteiger partial charge in [0, 0.05) is 0 Å². The molecule has 0 radical (unpaired) electrons. The van der Waals surface area contributed by atoms with Crippen LogP contribution in [0.3, 0.4) is 0 Å². The van der Waals surface area contributed by atoms with Gasteiger partial charge in [0.1, 0.15) is 0 Å². The molecule has 0 bridgehead atoms. The number of halogens is 6. The van der Waals surface area contributed by atoms with Crippen LogP contribution < -0.4 is 22.1 Å². The Balaban J connectivity index is 0. The van der Waals surface area contributed by atoms with Crippen LogP contribution in [-0.4, -0.2) is 34.4 Å². The van der Waals surface area contributed by atoms with Crippen molar-refractivity contribution in [1.29, 1.82) is 0 Å². The lowest BCUT2D eigenvalue weighted by Crippen LogP contribution is -2.43. The quantitative estimate of drug-likeness (QED) is 0.358. The van der Waals surface area contributed by atoms with Crippen molar-refractivity contribution >= 4 is 46.5 Å². The van der Waals surface area contributed by atoms with E-state index < -0.39 is 34.4 Å². The number of hydrogen-bond acceptors (Lipinski definition) is 4. The van der Waals surface area contributed by atoms with E-state index in [9.17, 15) is 35.9 Å². The molecule has 0 unspecified atom stereocenters. The molecule has 0 saturated heterocycles. The van der Waals surface area contributed by atoms with Crippen LogP contribution in [-0.2, 0) is 9.59 Å². The molecule has 14 heteroatoms. The number of carbonyl (C=O) groups excluding carboxylic acids is 2. The summed E-state index contributed by atoms with van der Waals surface area (Å²) in [7, 11) is 0. The van der Waals surface area contributed by atoms with E-state index in [0.29, 0.717) is 0 Å². The van der Waals surface area contributed by atoms with E-state index in [1.54, 1.807) is 0 Å². The summed E-state index contributed by atoms with van der Waals surface area (Å²) >= 11 is 7.97. The number of carbonyl (C=O) groups is 2. The van der Waals surface area contributed by atoms with Crippen LogP contribution in [0.5, 0.6) is 0 Å². The molecule has 2 amide bonds. The molecule has 0 aromatic heterocycles. The van der Waals surface area contributed by atoms with Gasteiger partial charge in [-0.2, -0.15) is 26.3 Å². The van der Waals surface area contributed by atoms with Gasteiger partial charge in [0.25, 0.3) is 0 Å². The lowest BCUT2D eigenvalue weighted by Gasteiger charge is -2.04. The molecule has 0 saturated carbocycles. The summed E-state index contributed by atoms with van der Waals surface area (Å²) in [5.74, 6) is -4.31. The van der Waals surface area contributed by atoms with Gasteiger partial charge in [-0.05, 0) is 24.4 Å². The van der Waals surface area contributed by atoms with Gasteiger partial charge in [-0.15, -0.1) is 0 Å². The third-order valence-electron chi connectivity index (χ3n) is 0.988. The molecule has 0 rings (SSSR count). The van der Waals surface area contributed by atoms with Gasteiger partial charge in [0.05, 0.1) is 0 Å². The van der Waals surface area contributed by atoms with Crippen molar-refractivity contribution in [1.82, 2.24) is 10.6 Å². The minimum absolute atomic E-state index is 0.692. The van der Waals surface area contributed by atoms with Crippen molar-refractivity contribution in [3.05, 3.63) is 0 Å². The van der Waals surface area contributed by atoms with Crippen molar-refractivity contribution in [2.45, 2.75) is 12.4 Å². The second-order valence-electron chi connectivity index (χ2n) is 2.63. The van der Waals surface area contributed by atoms with Gasteiger partial charge < -0.3 is 11.5 Å². The number of hydrogen-bond donors (Lipinski definition) is 4. The normalized spacial score (nSPS) is 10.7. The number of thiocarbonyl (C=S) groups is 2. The molecule has 6 N–H and O–H groups in total. The predicted molar refractivity (Wildman–Crippen MR) is 62.0 cm³/mol.